The fourth-order valence-corrected chi connectivity index (χ4v) is 10.2. The summed E-state index contributed by atoms with van der Waals surface area (Å²) in [5.41, 5.74) is 1.44. The number of halogens is 2. The van der Waals surface area contributed by atoms with Crippen LogP contribution in [0.3, 0.4) is 0 Å². The van der Waals surface area contributed by atoms with Crippen molar-refractivity contribution in [1.29, 1.82) is 5.26 Å². The second kappa shape index (κ2) is 16.1. The zero-order valence-electron chi connectivity index (χ0n) is 33.1. The smallest absolute Gasteiger partial charge is 0.262 e. The zero-order valence-corrected chi connectivity index (χ0v) is 33.9. The fraction of sp³-hybridized carbons (Fsp3) is 0.477. The lowest BCUT2D eigenvalue weighted by molar-refractivity contribution is -0.136. The Bertz CT molecular complexity index is 2270. The monoisotopic (exact) mass is 836 g/mol. The van der Waals surface area contributed by atoms with Gasteiger partial charge in [0, 0.05) is 70.0 Å². The third-order valence-electron chi connectivity index (χ3n) is 13.4. The summed E-state index contributed by atoms with van der Waals surface area (Å²) in [5, 5.41) is 14.8. The third kappa shape index (κ3) is 7.67. The number of nitrogens with one attached hydrogen (secondary N) is 2. The maximum atomic E-state index is 15.5. The average Bonchev–Trinajstić information content (AvgIpc) is 3.47. The van der Waals surface area contributed by atoms with Crippen LogP contribution in [0.5, 0.6) is 5.75 Å². The predicted molar refractivity (Wildman–Crippen MR) is 218 cm³/mol. The number of rotatable bonds is 8. The number of nitrogens with zero attached hydrogens (tertiary/aromatic N) is 6. The molecule has 5 amide bonds. The number of piperidine rings is 3. The largest absolute Gasteiger partial charge is 0.490 e. The van der Waals surface area contributed by atoms with Gasteiger partial charge in [0.15, 0.2) is 0 Å². The molecule has 9 rings (SSSR count). The van der Waals surface area contributed by atoms with Gasteiger partial charge < -0.3 is 19.9 Å². The van der Waals surface area contributed by atoms with E-state index >= 15 is 4.39 Å². The van der Waals surface area contributed by atoms with Crippen molar-refractivity contribution in [3.8, 4) is 11.8 Å². The molecule has 3 aromatic rings. The number of likely N-dealkylation sites (tertiary alicyclic amines) is 1. The van der Waals surface area contributed by atoms with Gasteiger partial charge in [-0.3, -0.25) is 39.1 Å². The van der Waals surface area contributed by atoms with Crippen LogP contribution in [0.15, 0.2) is 48.7 Å². The van der Waals surface area contributed by atoms with E-state index in [-0.39, 0.29) is 47.4 Å². The van der Waals surface area contributed by atoms with E-state index in [9.17, 15) is 24.0 Å². The van der Waals surface area contributed by atoms with E-state index in [1.165, 1.54) is 6.07 Å². The highest BCUT2D eigenvalue weighted by molar-refractivity contribution is 6.31. The normalized spacial score (nSPS) is 24.5. The molecule has 1 spiro atoms. The maximum Gasteiger partial charge on any atom is 0.262 e. The number of hydrogen-bond donors (Lipinski definition) is 2. The Morgan fingerprint density at radius 1 is 0.900 bits per heavy atom. The van der Waals surface area contributed by atoms with Crippen LogP contribution in [0, 0.1) is 22.6 Å². The Balaban J connectivity index is 0.709. The molecule has 60 heavy (non-hydrogen) atoms. The fourth-order valence-electron chi connectivity index (χ4n) is 9.95. The number of nitriles is 1. The van der Waals surface area contributed by atoms with Gasteiger partial charge in [0.05, 0.1) is 39.1 Å². The third-order valence-corrected chi connectivity index (χ3v) is 13.7. The van der Waals surface area contributed by atoms with Crippen molar-refractivity contribution in [2.45, 2.75) is 88.4 Å². The number of carbonyl (C=O) groups excluding carboxylic acids is 5. The second-order valence-corrected chi connectivity index (χ2v) is 17.5. The minimum Gasteiger partial charge on any atom is -0.490 e. The van der Waals surface area contributed by atoms with Gasteiger partial charge in [0.25, 0.3) is 17.7 Å². The van der Waals surface area contributed by atoms with Gasteiger partial charge >= 0.3 is 0 Å². The summed E-state index contributed by atoms with van der Waals surface area (Å²) in [6.07, 6.45) is 8.77. The minimum atomic E-state index is -1.09. The number of hydrogen-bond acceptors (Lipinski definition) is 11. The molecule has 2 aromatic carbocycles. The van der Waals surface area contributed by atoms with Gasteiger partial charge in [-0.1, -0.05) is 11.6 Å². The highest BCUT2D eigenvalue weighted by Gasteiger charge is 2.49. The van der Waals surface area contributed by atoms with E-state index in [1.807, 2.05) is 17.0 Å². The minimum absolute atomic E-state index is 0.0206. The maximum absolute atomic E-state index is 15.5. The number of anilines is 2. The first-order valence-electron chi connectivity index (χ1n) is 20.9. The summed E-state index contributed by atoms with van der Waals surface area (Å²) < 4.78 is 21.6. The van der Waals surface area contributed by atoms with Crippen LogP contribution >= 0.6 is 11.6 Å². The molecule has 16 heteroatoms. The molecule has 2 N–H and O–H groups in total. The number of imide groups is 2. The molecule has 1 atom stereocenters. The summed E-state index contributed by atoms with van der Waals surface area (Å²) in [6.45, 7) is 5.01. The van der Waals surface area contributed by atoms with Crippen LogP contribution in [-0.2, 0) is 9.59 Å². The lowest BCUT2D eigenvalue weighted by Gasteiger charge is -2.57. The quantitative estimate of drug-likeness (QED) is 0.298. The Morgan fingerprint density at radius 2 is 1.62 bits per heavy atom. The molecule has 1 saturated carbocycles. The zero-order chi connectivity index (χ0) is 41.7. The lowest BCUT2D eigenvalue weighted by Crippen LogP contribution is -2.64. The molecule has 6 heterocycles. The number of ether oxygens (including phenoxy) is 1. The van der Waals surface area contributed by atoms with Gasteiger partial charge in [0.1, 0.15) is 29.5 Å². The molecule has 1 aromatic heterocycles. The Kier molecular flexibility index (Phi) is 10.7. The molecule has 1 aliphatic carbocycles. The molecule has 14 nitrogen and oxygen atoms in total. The van der Waals surface area contributed by atoms with Gasteiger partial charge in [0.2, 0.25) is 11.8 Å². The van der Waals surface area contributed by atoms with Crippen molar-refractivity contribution < 1.29 is 33.1 Å². The van der Waals surface area contributed by atoms with Crippen molar-refractivity contribution in [3.05, 3.63) is 81.8 Å². The van der Waals surface area contributed by atoms with Crippen LogP contribution in [-0.4, -0.2) is 108 Å². The van der Waals surface area contributed by atoms with Crippen molar-refractivity contribution in [1.82, 2.24) is 25.4 Å². The van der Waals surface area contributed by atoms with Crippen LogP contribution in [0.4, 0.5) is 15.9 Å². The van der Waals surface area contributed by atoms with Gasteiger partial charge in [-0.2, -0.15) is 5.26 Å². The Labute approximate surface area is 352 Å². The van der Waals surface area contributed by atoms with Crippen LogP contribution in [0.2, 0.25) is 5.02 Å². The van der Waals surface area contributed by atoms with Crippen LogP contribution < -0.4 is 25.2 Å². The molecular weight excluding hydrogens is 791 g/mol. The Hall–Kier alpha value is -5.59. The van der Waals surface area contributed by atoms with Crippen molar-refractivity contribution in [3.63, 3.8) is 0 Å². The molecular formula is C44H46ClFN8O6. The van der Waals surface area contributed by atoms with E-state index in [0.717, 1.165) is 94.3 Å². The van der Waals surface area contributed by atoms with E-state index in [2.05, 4.69) is 31.5 Å². The molecule has 312 valence electrons. The first kappa shape index (κ1) is 39.8. The summed E-state index contributed by atoms with van der Waals surface area (Å²) >= 11 is 6.15. The molecule has 5 fully saturated rings. The van der Waals surface area contributed by atoms with E-state index in [0.29, 0.717) is 46.7 Å². The van der Waals surface area contributed by atoms with Gasteiger partial charge in [-0.15, -0.1) is 0 Å². The van der Waals surface area contributed by atoms with E-state index < -0.39 is 35.5 Å². The number of amides is 5. The van der Waals surface area contributed by atoms with Crippen LogP contribution in [0.25, 0.3) is 0 Å². The Morgan fingerprint density at radius 3 is 2.27 bits per heavy atom. The molecule has 4 saturated heterocycles. The van der Waals surface area contributed by atoms with Crippen molar-refractivity contribution in [2.24, 2.45) is 5.41 Å². The highest BCUT2D eigenvalue weighted by atomic mass is 35.5. The number of aromatic nitrogens is 1. The first-order valence-corrected chi connectivity index (χ1v) is 21.3. The first-order chi connectivity index (χ1) is 29.0. The number of pyridine rings is 1. The van der Waals surface area contributed by atoms with Gasteiger partial charge in [-0.25, -0.2) is 9.37 Å². The lowest BCUT2D eigenvalue weighted by atomic mass is 9.70. The van der Waals surface area contributed by atoms with Gasteiger partial charge in [-0.05, 0) is 99.6 Å². The van der Waals surface area contributed by atoms with Crippen molar-refractivity contribution in [2.75, 3.05) is 49.1 Å². The number of fused-ring (bicyclic) bond motifs is 1. The SMILES string of the molecule is N#Cc1ccc(OC2CCC(NC(=O)c3ccc(N4CCC(N5CC6(CCN(c7cc8c(cc7F)C(=O)N(C7CCC(=O)NC7=O)C8=O)CC6)C5)CC4)nc3)CC2)cc1Cl. The average molecular weight is 837 g/mol. The predicted octanol–water partition coefficient (Wildman–Crippen LogP) is 4.84. The van der Waals surface area contributed by atoms with E-state index in [1.54, 1.807) is 24.4 Å². The standard InChI is InChI=1S/C44H46ClFN8O6/c45-34-19-31(5-1-26(34)22-47)60-30-6-3-28(4-7-30)49-40(56)27-2-9-38(48-23-27)52-15-11-29(12-16-52)53-24-44(25-53)13-17-51(18-14-44)37-21-33-32(20-35(37)46)42(58)54(43(33)59)36-8-10-39(55)50-41(36)57/h1-2,5,9,19-21,23,28-30,36H,3-4,6-8,10-18,24-25H2,(H,49,56)(H,50,55,57). The molecule has 1 unspecified atom stereocenters. The molecule has 6 aliphatic rings. The van der Waals surface area contributed by atoms with Crippen molar-refractivity contribution >= 4 is 52.6 Å². The topological polar surface area (TPSA) is 168 Å². The molecule has 0 radical (unpaired) electrons. The number of benzene rings is 2. The summed E-state index contributed by atoms with van der Waals surface area (Å²) in [6, 6.07) is 12.9. The summed E-state index contributed by atoms with van der Waals surface area (Å²) in [5.74, 6) is -1.68. The van der Waals surface area contributed by atoms with E-state index in [4.69, 9.17) is 21.6 Å². The summed E-state index contributed by atoms with van der Waals surface area (Å²) in [7, 11) is 0. The highest BCUT2D eigenvalue weighted by Crippen LogP contribution is 2.44. The number of carbonyl (C=O) groups is 5. The molecule has 0 bridgehead atoms. The van der Waals surface area contributed by atoms with Crippen LogP contribution in [0.1, 0.15) is 101 Å². The molecule has 5 aliphatic heterocycles. The summed E-state index contributed by atoms with van der Waals surface area (Å²) in [4.78, 5) is 76.0. The second-order valence-electron chi connectivity index (χ2n) is 17.1.